The molecule has 0 spiro atoms. The number of fused-ring (bicyclic) bond motifs is 1. The lowest BCUT2D eigenvalue weighted by Gasteiger charge is -2.37. The van der Waals surface area contributed by atoms with Gasteiger partial charge in [0.15, 0.2) is 5.17 Å². The van der Waals surface area contributed by atoms with Gasteiger partial charge in [-0.1, -0.05) is 18.2 Å². The number of benzene rings is 1. The first kappa shape index (κ1) is 20.8. The molecule has 0 saturated carbocycles. The Bertz CT molecular complexity index is 956. The van der Waals surface area contributed by atoms with Gasteiger partial charge in [-0.05, 0) is 45.5 Å². The highest BCUT2D eigenvalue weighted by atomic mass is 32.2. The van der Waals surface area contributed by atoms with E-state index in [2.05, 4.69) is 11.1 Å². The largest absolute Gasteiger partial charge is 0.494 e. The molecule has 2 N–H and O–H groups in total. The second-order valence-electron chi connectivity index (χ2n) is 6.54. The minimum absolute atomic E-state index is 0.0881. The van der Waals surface area contributed by atoms with Gasteiger partial charge in [0, 0.05) is 18.7 Å². The van der Waals surface area contributed by atoms with E-state index in [0.717, 1.165) is 5.56 Å². The van der Waals surface area contributed by atoms with Gasteiger partial charge in [0.2, 0.25) is 0 Å². The summed E-state index contributed by atoms with van der Waals surface area (Å²) in [4.78, 5) is 22.0. The van der Waals surface area contributed by atoms with E-state index >= 15 is 0 Å². The molecule has 1 aromatic rings. The second kappa shape index (κ2) is 8.62. The van der Waals surface area contributed by atoms with Crippen molar-refractivity contribution in [3.05, 3.63) is 51.8 Å². The number of para-hydroxylation sites is 1. The minimum Gasteiger partial charge on any atom is -0.494 e. The van der Waals surface area contributed by atoms with Crippen LogP contribution < -0.4 is 10.5 Å². The summed E-state index contributed by atoms with van der Waals surface area (Å²) in [6, 6.07) is 9.24. The van der Waals surface area contributed by atoms with Crippen LogP contribution in [0.4, 0.5) is 0 Å². The number of ether oxygens (including phenoxy) is 1. The molecule has 1 atom stereocenters. The number of nitrogens with two attached hydrogens (primary N) is 1. The Balaban J connectivity index is 2.24. The summed E-state index contributed by atoms with van der Waals surface area (Å²) >= 11 is 1.23. The van der Waals surface area contributed by atoms with Crippen molar-refractivity contribution in [2.45, 2.75) is 33.7 Å². The molecule has 0 fully saturated rings. The third kappa shape index (κ3) is 3.58. The van der Waals surface area contributed by atoms with E-state index in [9.17, 15) is 10.1 Å². The van der Waals surface area contributed by atoms with Crippen molar-refractivity contribution in [1.82, 2.24) is 9.80 Å². The first-order valence-corrected chi connectivity index (χ1v) is 10.5. The summed E-state index contributed by atoms with van der Waals surface area (Å²) in [5, 5.41) is 10.1. The number of hydrogen-bond donors (Lipinski definition) is 1. The van der Waals surface area contributed by atoms with Crippen molar-refractivity contribution >= 4 is 22.8 Å². The third-order valence-corrected chi connectivity index (χ3v) is 5.95. The number of nitrogens with zero attached hydrogens (tertiary/aromatic N) is 4. The number of rotatable bonds is 6. The van der Waals surface area contributed by atoms with Gasteiger partial charge in [-0.15, -0.1) is 0 Å². The number of hydrogen-bond acceptors (Lipinski definition) is 7. The number of allylic oxidation sites excluding steroid dienone is 2. The summed E-state index contributed by atoms with van der Waals surface area (Å²) in [5.74, 6) is 0.904. The average Bonchev–Trinajstić information content (AvgIpc) is 3.03. The summed E-state index contributed by atoms with van der Waals surface area (Å²) < 4.78 is 5.86. The van der Waals surface area contributed by atoms with Gasteiger partial charge < -0.3 is 15.4 Å². The Morgan fingerprint density at radius 3 is 2.66 bits per heavy atom. The molecule has 2 aliphatic rings. The maximum Gasteiger partial charge on any atom is 0.254 e. The Hall–Kier alpha value is -2.92. The first-order valence-electron chi connectivity index (χ1n) is 9.65. The highest BCUT2D eigenvalue weighted by Crippen LogP contribution is 2.47. The number of likely N-dealkylation sites (N-methyl/N-ethyl adjacent to an activating group) is 1. The van der Waals surface area contributed by atoms with Crippen molar-refractivity contribution in [2.75, 3.05) is 19.7 Å². The predicted molar refractivity (Wildman–Crippen MR) is 115 cm³/mol. The van der Waals surface area contributed by atoms with Gasteiger partial charge in [0.25, 0.3) is 5.91 Å². The van der Waals surface area contributed by atoms with Crippen LogP contribution in [0.3, 0.4) is 0 Å². The lowest BCUT2D eigenvalue weighted by atomic mass is 9.92. The van der Waals surface area contributed by atoms with Crippen LogP contribution in [0.1, 0.15) is 39.3 Å². The topological polar surface area (TPSA) is 94.9 Å². The van der Waals surface area contributed by atoms with Gasteiger partial charge in [-0.3, -0.25) is 9.69 Å². The fourth-order valence-corrected chi connectivity index (χ4v) is 4.50. The van der Waals surface area contributed by atoms with Crippen LogP contribution in [0.25, 0.3) is 0 Å². The molecular formula is C21H25N5O2S. The van der Waals surface area contributed by atoms with Crippen LogP contribution >= 0.6 is 11.8 Å². The number of thioether (sulfide) groups is 1. The van der Waals surface area contributed by atoms with E-state index in [1.807, 2.05) is 52.0 Å². The van der Waals surface area contributed by atoms with Crippen molar-refractivity contribution < 1.29 is 9.53 Å². The van der Waals surface area contributed by atoms with Crippen LogP contribution in [0.15, 0.2) is 51.3 Å². The zero-order chi connectivity index (χ0) is 21.1. The zero-order valence-corrected chi connectivity index (χ0v) is 17.9. The van der Waals surface area contributed by atoms with Gasteiger partial charge >= 0.3 is 0 Å². The normalized spacial score (nSPS) is 18.4. The van der Waals surface area contributed by atoms with Crippen molar-refractivity contribution in [3.63, 3.8) is 0 Å². The van der Waals surface area contributed by atoms with E-state index in [1.165, 1.54) is 11.8 Å². The van der Waals surface area contributed by atoms with Crippen LogP contribution in [0.2, 0.25) is 0 Å². The van der Waals surface area contributed by atoms with E-state index in [0.29, 0.717) is 52.6 Å². The maximum atomic E-state index is 13.5. The van der Waals surface area contributed by atoms with Gasteiger partial charge in [-0.25, -0.2) is 4.99 Å². The Morgan fingerprint density at radius 2 is 2.03 bits per heavy atom. The first-order chi connectivity index (χ1) is 14.0. The maximum absolute atomic E-state index is 13.5. The number of amides is 1. The molecule has 152 valence electrons. The lowest BCUT2D eigenvalue weighted by Crippen LogP contribution is -2.42. The third-order valence-electron chi connectivity index (χ3n) is 4.97. The molecule has 3 rings (SSSR count). The van der Waals surface area contributed by atoms with Crippen molar-refractivity contribution in [1.29, 1.82) is 5.26 Å². The summed E-state index contributed by atoms with van der Waals surface area (Å²) in [5.41, 5.74) is 8.33. The highest BCUT2D eigenvalue weighted by molar-refractivity contribution is 8.17. The number of amidine groups is 1. The quantitative estimate of drug-likeness (QED) is 0.771. The Kier molecular flexibility index (Phi) is 6.18. The predicted octanol–water partition coefficient (Wildman–Crippen LogP) is 3.34. The summed E-state index contributed by atoms with van der Waals surface area (Å²) in [6.45, 7) is 9.32. The fourth-order valence-electron chi connectivity index (χ4n) is 3.58. The minimum atomic E-state index is -0.517. The number of carbonyl (C=O) groups is 1. The standard InChI is InChI=1S/C21H25N5O2S/c1-5-25(6-2)20(27)17-13(4)24-21-26(19(23)16(12-22)29-21)18(17)14-10-8-9-11-15(14)28-7-3/h8-11,18H,5-7,23H2,1-4H3/t18-/m0/s1. The molecule has 0 saturated heterocycles. The molecule has 7 nitrogen and oxygen atoms in total. The van der Waals surface area contributed by atoms with Crippen LogP contribution in [-0.4, -0.2) is 40.6 Å². The number of nitriles is 1. The van der Waals surface area contributed by atoms with Crippen LogP contribution in [-0.2, 0) is 4.79 Å². The Morgan fingerprint density at radius 1 is 1.34 bits per heavy atom. The van der Waals surface area contributed by atoms with E-state index < -0.39 is 6.04 Å². The number of aliphatic imine (C=N–C) groups is 1. The molecule has 1 amide bonds. The molecule has 29 heavy (non-hydrogen) atoms. The smallest absolute Gasteiger partial charge is 0.254 e. The monoisotopic (exact) mass is 411 g/mol. The molecule has 0 unspecified atom stereocenters. The van der Waals surface area contributed by atoms with E-state index in [4.69, 9.17) is 10.5 Å². The van der Waals surface area contributed by atoms with Crippen molar-refractivity contribution in [3.8, 4) is 11.8 Å². The SMILES string of the molecule is CCOc1ccccc1[C@H]1C(C(=O)N(CC)CC)=C(C)N=C2SC(C#N)=C(N)N21. The molecule has 0 aliphatic carbocycles. The summed E-state index contributed by atoms with van der Waals surface area (Å²) in [6.07, 6.45) is 0. The zero-order valence-electron chi connectivity index (χ0n) is 17.1. The van der Waals surface area contributed by atoms with E-state index in [1.54, 1.807) is 9.80 Å². The fraction of sp³-hybridized carbons (Fsp3) is 0.381. The highest BCUT2D eigenvalue weighted by Gasteiger charge is 2.43. The van der Waals surface area contributed by atoms with Gasteiger partial charge in [0.05, 0.1) is 23.9 Å². The Labute approximate surface area is 175 Å². The van der Waals surface area contributed by atoms with Gasteiger partial charge in [-0.2, -0.15) is 5.26 Å². The second-order valence-corrected chi connectivity index (χ2v) is 7.52. The molecule has 2 aliphatic heterocycles. The average molecular weight is 412 g/mol. The van der Waals surface area contributed by atoms with Crippen LogP contribution in [0, 0.1) is 11.3 Å². The van der Waals surface area contributed by atoms with Crippen molar-refractivity contribution in [2.24, 2.45) is 10.7 Å². The molecule has 8 heteroatoms. The lowest BCUT2D eigenvalue weighted by molar-refractivity contribution is -0.127. The van der Waals surface area contributed by atoms with Crippen LogP contribution in [0.5, 0.6) is 5.75 Å². The molecule has 1 aromatic carbocycles. The molecule has 0 aromatic heterocycles. The molecule has 2 heterocycles. The molecule has 0 bridgehead atoms. The van der Waals surface area contributed by atoms with E-state index in [-0.39, 0.29) is 5.91 Å². The summed E-state index contributed by atoms with van der Waals surface area (Å²) in [7, 11) is 0. The molecular weight excluding hydrogens is 386 g/mol. The molecule has 0 radical (unpaired) electrons. The number of carbonyl (C=O) groups excluding carboxylic acids is 1. The van der Waals surface area contributed by atoms with Gasteiger partial charge in [0.1, 0.15) is 22.5 Å².